The summed E-state index contributed by atoms with van der Waals surface area (Å²) in [7, 11) is 0. The highest BCUT2D eigenvalue weighted by atomic mass is 16.3. The molecule has 53 heavy (non-hydrogen) atoms. The minimum Gasteiger partial charge on any atom is -0.456 e. The molecule has 0 saturated heterocycles. The van der Waals surface area contributed by atoms with Crippen LogP contribution in [0.3, 0.4) is 0 Å². The summed E-state index contributed by atoms with van der Waals surface area (Å²) in [5.41, 5.74) is 11.0. The summed E-state index contributed by atoms with van der Waals surface area (Å²) in [6, 6.07) is 69.9. The molecule has 3 nitrogen and oxygen atoms in total. The molecule has 0 fully saturated rings. The second-order valence-electron chi connectivity index (χ2n) is 13.8. The van der Waals surface area contributed by atoms with E-state index < -0.39 is 0 Å². The fraction of sp³-hybridized carbons (Fsp3) is 0. The molecule has 0 aliphatic carbocycles. The molecule has 2 heterocycles. The predicted molar refractivity (Wildman–Crippen MR) is 223 cm³/mol. The minimum absolute atomic E-state index is 0.914. The smallest absolute Gasteiger partial charge is 0.136 e. The van der Waals surface area contributed by atoms with Gasteiger partial charge in [0.2, 0.25) is 0 Å². The Morgan fingerprint density at radius 1 is 0.340 bits per heavy atom. The fourth-order valence-corrected chi connectivity index (χ4v) is 8.26. The molecule has 0 saturated carbocycles. The van der Waals surface area contributed by atoms with Gasteiger partial charge in [-0.1, -0.05) is 121 Å². The summed E-state index contributed by atoms with van der Waals surface area (Å²) in [6.07, 6.45) is 0. The average Bonchev–Trinajstić information content (AvgIpc) is 3.76. The lowest BCUT2D eigenvalue weighted by Gasteiger charge is -2.27. The van der Waals surface area contributed by atoms with E-state index in [1.807, 2.05) is 12.1 Å². The molecule has 248 valence electrons. The molecule has 0 N–H and O–H groups in total. The summed E-state index contributed by atoms with van der Waals surface area (Å²) >= 11 is 0. The van der Waals surface area contributed by atoms with Gasteiger partial charge in [0.15, 0.2) is 0 Å². The molecule has 0 aliphatic rings. The Morgan fingerprint density at radius 2 is 0.962 bits per heavy atom. The molecule has 2 aromatic heterocycles. The van der Waals surface area contributed by atoms with Crippen molar-refractivity contribution in [2.75, 3.05) is 4.90 Å². The number of nitrogens with zero attached hydrogens (tertiary/aromatic N) is 2. The lowest BCUT2D eigenvalue weighted by molar-refractivity contribution is 0.669. The zero-order valence-corrected chi connectivity index (χ0v) is 28.8. The Hall–Kier alpha value is -7.10. The zero-order chi connectivity index (χ0) is 34.9. The van der Waals surface area contributed by atoms with E-state index in [2.05, 4.69) is 191 Å². The van der Waals surface area contributed by atoms with Crippen LogP contribution in [0.4, 0.5) is 17.1 Å². The number of furan rings is 1. The Morgan fingerprint density at radius 3 is 1.74 bits per heavy atom. The second kappa shape index (κ2) is 11.7. The Balaban J connectivity index is 1.09. The van der Waals surface area contributed by atoms with Crippen molar-refractivity contribution < 1.29 is 4.42 Å². The SMILES string of the molecule is c1ccc(-c2ccc(N(c3cccc(-n4c5ccccc5c5ccccc54)c3)c3ccc4c(ccc5cc6c(cc54)oc4ccccc46)c3)cc2)cc1. The van der Waals surface area contributed by atoms with Crippen molar-refractivity contribution in [2.24, 2.45) is 0 Å². The highest BCUT2D eigenvalue weighted by Gasteiger charge is 2.18. The van der Waals surface area contributed by atoms with E-state index >= 15 is 0 Å². The third-order valence-electron chi connectivity index (χ3n) is 10.7. The van der Waals surface area contributed by atoms with E-state index in [1.54, 1.807) is 0 Å². The van der Waals surface area contributed by atoms with Gasteiger partial charge >= 0.3 is 0 Å². The largest absolute Gasteiger partial charge is 0.456 e. The minimum atomic E-state index is 0.914. The molecule has 0 amide bonds. The average molecular weight is 677 g/mol. The standard InChI is InChI=1S/C50H32N2O/c1-2-11-33(12-3-1)34-23-25-37(26-24-34)51(38-13-10-14-39(31-38)52-47-18-7-4-15-42(47)43-16-5-8-19-48(43)52)40-27-28-41-35(29-40)21-22-36-30-46-44-17-6-9-20-49(44)53-50(46)32-45(36)41/h1-32H. The third kappa shape index (κ3) is 4.75. The van der Waals surface area contributed by atoms with Crippen LogP contribution in [-0.2, 0) is 0 Å². The van der Waals surface area contributed by atoms with Gasteiger partial charge in [-0.05, 0) is 105 Å². The summed E-state index contributed by atoms with van der Waals surface area (Å²) in [5, 5.41) is 9.58. The number of rotatable bonds is 5. The van der Waals surface area contributed by atoms with Crippen molar-refractivity contribution in [1.82, 2.24) is 4.57 Å². The lowest BCUT2D eigenvalue weighted by atomic mass is 9.99. The molecule has 11 aromatic rings. The molecule has 0 bridgehead atoms. The number of hydrogen-bond acceptors (Lipinski definition) is 2. The van der Waals surface area contributed by atoms with Crippen LogP contribution in [0.1, 0.15) is 0 Å². The first-order valence-corrected chi connectivity index (χ1v) is 18.1. The summed E-state index contributed by atoms with van der Waals surface area (Å²) < 4.78 is 8.70. The van der Waals surface area contributed by atoms with Crippen molar-refractivity contribution in [3.05, 3.63) is 194 Å². The molecule has 0 spiro atoms. The summed E-state index contributed by atoms with van der Waals surface area (Å²) in [5.74, 6) is 0. The number of anilines is 3. The maximum Gasteiger partial charge on any atom is 0.136 e. The maximum atomic E-state index is 6.31. The van der Waals surface area contributed by atoms with Crippen molar-refractivity contribution in [3.63, 3.8) is 0 Å². The number of fused-ring (bicyclic) bond motifs is 9. The molecule has 0 radical (unpaired) electrons. The Labute approximate surface area is 306 Å². The Kier molecular flexibility index (Phi) is 6.55. The predicted octanol–water partition coefficient (Wildman–Crippen LogP) is 14.1. The normalized spacial score (nSPS) is 11.8. The third-order valence-corrected chi connectivity index (χ3v) is 10.7. The highest BCUT2D eigenvalue weighted by molar-refractivity contribution is 6.16. The van der Waals surface area contributed by atoms with Crippen LogP contribution in [0.25, 0.3) is 82.1 Å². The lowest BCUT2D eigenvalue weighted by Crippen LogP contribution is -2.10. The van der Waals surface area contributed by atoms with E-state index in [0.717, 1.165) is 44.7 Å². The molecule has 0 atom stereocenters. The van der Waals surface area contributed by atoms with E-state index in [-0.39, 0.29) is 0 Å². The number of aromatic nitrogens is 1. The van der Waals surface area contributed by atoms with Gasteiger partial charge in [-0.2, -0.15) is 0 Å². The maximum absolute atomic E-state index is 6.31. The van der Waals surface area contributed by atoms with Crippen LogP contribution in [0.5, 0.6) is 0 Å². The van der Waals surface area contributed by atoms with Gasteiger partial charge in [0.25, 0.3) is 0 Å². The molecule has 0 unspecified atom stereocenters. The van der Waals surface area contributed by atoms with Gasteiger partial charge in [0.05, 0.1) is 11.0 Å². The fourth-order valence-electron chi connectivity index (χ4n) is 8.26. The first-order chi connectivity index (χ1) is 26.3. The zero-order valence-electron chi connectivity index (χ0n) is 28.8. The molecule has 9 aromatic carbocycles. The monoisotopic (exact) mass is 676 g/mol. The van der Waals surface area contributed by atoms with Crippen molar-refractivity contribution in [2.45, 2.75) is 0 Å². The number of para-hydroxylation sites is 3. The van der Waals surface area contributed by atoms with Crippen LogP contribution < -0.4 is 4.90 Å². The molecular weight excluding hydrogens is 645 g/mol. The van der Waals surface area contributed by atoms with Crippen LogP contribution in [0.2, 0.25) is 0 Å². The second-order valence-corrected chi connectivity index (χ2v) is 13.8. The van der Waals surface area contributed by atoms with Gasteiger partial charge in [-0.3, -0.25) is 0 Å². The van der Waals surface area contributed by atoms with Crippen LogP contribution in [-0.4, -0.2) is 4.57 Å². The van der Waals surface area contributed by atoms with E-state index in [1.165, 1.54) is 54.5 Å². The van der Waals surface area contributed by atoms with Crippen molar-refractivity contribution >= 4 is 82.4 Å². The van der Waals surface area contributed by atoms with E-state index in [4.69, 9.17) is 4.42 Å². The van der Waals surface area contributed by atoms with Crippen LogP contribution in [0.15, 0.2) is 199 Å². The molecule has 0 aliphatic heterocycles. The molecule has 3 heteroatoms. The van der Waals surface area contributed by atoms with Gasteiger partial charge in [-0.15, -0.1) is 0 Å². The number of hydrogen-bond donors (Lipinski definition) is 0. The van der Waals surface area contributed by atoms with Gasteiger partial charge < -0.3 is 13.9 Å². The number of benzene rings is 9. The topological polar surface area (TPSA) is 21.3 Å². The van der Waals surface area contributed by atoms with Gasteiger partial charge in [0.1, 0.15) is 11.2 Å². The van der Waals surface area contributed by atoms with Crippen molar-refractivity contribution in [1.29, 1.82) is 0 Å². The Bertz CT molecular complexity index is 3120. The quantitative estimate of drug-likeness (QED) is 0.169. The van der Waals surface area contributed by atoms with Gasteiger partial charge in [0, 0.05) is 44.3 Å². The molecular formula is C50H32N2O. The first kappa shape index (κ1) is 29.6. The first-order valence-electron chi connectivity index (χ1n) is 18.1. The van der Waals surface area contributed by atoms with Crippen LogP contribution >= 0.6 is 0 Å². The summed E-state index contributed by atoms with van der Waals surface area (Å²) in [6.45, 7) is 0. The van der Waals surface area contributed by atoms with E-state index in [0.29, 0.717) is 0 Å². The summed E-state index contributed by atoms with van der Waals surface area (Å²) in [4.78, 5) is 2.37. The van der Waals surface area contributed by atoms with E-state index in [9.17, 15) is 0 Å². The highest BCUT2D eigenvalue weighted by Crippen LogP contribution is 2.41. The van der Waals surface area contributed by atoms with Crippen molar-refractivity contribution in [3.8, 4) is 16.8 Å². The molecule has 11 rings (SSSR count). The van der Waals surface area contributed by atoms with Gasteiger partial charge in [-0.25, -0.2) is 0 Å². The van der Waals surface area contributed by atoms with Crippen LogP contribution in [0, 0.1) is 0 Å².